The van der Waals surface area contributed by atoms with Gasteiger partial charge in [-0.2, -0.15) is 0 Å². The molecule has 2 fully saturated rings. The summed E-state index contributed by atoms with van der Waals surface area (Å²) in [5, 5.41) is 20.4. The number of benzene rings is 1. The van der Waals surface area contributed by atoms with Crippen LogP contribution < -0.4 is 4.90 Å². The average molecular weight is 343 g/mol. The Hall–Kier alpha value is -2.05. The van der Waals surface area contributed by atoms with Crippen molar-refractivity contribution in [1.29, 1.82) is 0 Å². The predicted octanol–water partition coefficient (Wildman–Crippen LogP) is 2.34. The Kier molecular flexibility index (Phi) is 4.17. The molecule has 1 saturated carbocycles. The third-order valence-corrected chi connectivity index (χ3v) is 5.50. The largest absolute Gasteiger partial charge is 0.393 e. The van der Waals surface area contributed by atoms with Gasteiger partial charge in [-0.3, -0.25) is 0 Å². The molecule has 25 heavy (non-hydrogen) atoms. The minimum absolute atomic E-state index is 0.205. The van der Waals surface area contributed by atoms with E-state index < -0.39 is 5.60 Å². The molecule has 0 atom stereocenters. The fourth-order valence-corrected chi connectivity index (χ4v) is 3.74. The number of halogens is 1. The molecular formula is C19H22FN3O2. The summed E-state index contributed by atoms with van der Waals surface area (Å²) in [6.45, 7) is 1.36. The molecule has 2 N–H and O–H groups in total. The van der Waals surface area contributed by atoms with Gasteiger partial charge >= 0.3 is 0 Å². The van der Waals surface area contributed by atoms with Gasteiger partial charge in [0.05, 0.1) is 11.7 Å². The van der Waals surface area contributed by atoms with Crippen molar-refractivity contribution in [2.24, 2.45) is 0 Å². The van der Waals surface area contributed by atoms with Crippen LogP contribution in [0.2, 0.25) is 0 Å². The fraction of sp³-hybridized carbons (Fsp3) is 0.474. The number of aromatic nitrogens is 2. The molecule has 1 aliphatic carbocycles. The number of nitrogens with zero attached hydrogens (tertiary/aromatic N) is 3. The summed E-state index contributed by atoms with van der Waals surface area (Å²) in [6, 6.07) is 8.11. The van der Waals surface area contributed by atoms with Crippen LogP contribution in [-0.4, -0.2) is 39.4 Å². The highest BCUT2D eigenvalue weighted by Gasteiger charge is 2.35. The SMILES string of the molecule is OC1CC(c2cc(N3CCC(O)(c4ccc(F)cc4)CC3)ncn2)C1. The fourth-order valence-electron chi connectivity index (χ4n) is 3.74. The van der Waals surface area contributed by atoms with E-state index in [1.165, 1.54) is 12.1 Å². The summed E-state index contributed by atoms with van der Waals surface area (Å²) in [4.78, 5) is 10.9. The van der Waals surface area contributed by atoms with Gasteiger partial charge < -0.3 is 15.1 Å². The van der Waals surface area contributed by atoms with E-state index >= 15 is 0 Å². The molecule has 132 valence electrons. The van der Waals surface area contributed by atoms with Crippen LogP contribution in [0.4, 0.5) is 10.2 Å². The molecule has 2 aliphatic rings. The zero-order chi connectivity index (χ0) is 17.4. The summed E-state index contributed by atoms with van der Waals surface area (Å²) < 4.78 is 13.1. The normalized spacial score (nSPS) is 25.5. The molecule has 0 unspecified atom stereocenters. The van der Waals surface area contributed by atoms with Crippen LogP contribution >= 0.6 is 0 Å². The molecule has 0 amide bonds. The molecule has 0 bridgehead atoms. The van der Waals surface area contributed by atoms with Crippen molar-refractivity contribution in [1.82, 2.24) is 9.97 Å². The number of hydrogen-bond donors (Lipinski definition) is 2. The summed E-state index contributed by atoms with van der Waals surface area (Å²) >= 11 is 0. The maximum atomic E-state index is 13.1. The van der Waals surface area contributed by atoms with Crippen molar-refractivity contribution in [3.8, 4) is 0 Å². The predicted molar refractivity (Wildman–Crippen MR) is 91.8 cm³/mol. The molecule has 6 heteroatoms. The van der Waals surface area contributed by atoms with E-state index in [9.17, 15) is 14.6 Å². The summed E-state index contributed by atoms with van der Waals surface area (Å²) in [5.74, 6) is 0.893. The molecule has 1 aliphatic heterocycles. The molecule has 2 aromatic rings. The molecule has 2 heterocycles. The third kappa shape index (κ3) is 3.24. The second-order valence-corrected chi connectivity index (χ2v) is 7.15. The molecule has 5 nitrogen and oxygen atoms in total. The minimum Gasteiger partial charge on any atom is -0.393 e. The summed E-state index contributed by atoms with van der Waals surface area (Å²) in [7, 11) is 0. The van der Waals surface area contributed by atoms with Crippen LogP contribution in [0, 0.1) is 5.82 Å². The number of hydrogen-bond acceptors (Lipinski definition) is 5. The number of rotatable bonds is 3. The average Bonchev–Trinajstić information content (AvgIpc) is 2.60. The standard InChI is InChI=1S/C19H22FN3O2/c20-15-3-1-14(2-4-15)19(25)5-7-23(8-6-19)18-11-17(21-12-22-18)13-9-16(24)10-13/h1-4,11-13,16,24-25H,5-10H2. The van der Waals surface area contributed by atoms with E-state index in [1.54, 1.807) is 18.5 Å². The lowest BCUT2D eigenvalue weighted by atomic mass is 9.80. The Bertz CT molecular complexity index is 739. The number of anilines is 1. The van der Waals surface area contributed by atoms with Crippen LogP contribution in [-0.2, 0) is 5.60 Å². The maximum Gasteiger partial charge on any atom is 0.132 e. The van der Waals surface area contributed by atoms with E-state index in [1.807, 2.05) is 6.07 Å². The van der Waals surface area contributed by atoms with Crippen LogP contribution in [0.3, 0.4) is 0 Å². The van der Waals surface area contributed by atoms with Crippen molar-refractivity contribution < 1.29 is 14.6 Å². The second-order valence-electron chi connectivity index (χ2n) is 7.15. The monoisotopic (exact) mass is 343 g/mol. The first-order chi connectivity index (χ1) is 12.0. The van der Waals surface area contributed by atoms with Gasteiger partial charge in [0.15, 0.2) is 0 Å². The Morgan fingerprint density at radius 1 is 1.08 bits per heavy atom. The van der Waals surface area contributed by atoms with Crippen LogP contribution in [0.25, 0.3) is 0 Å². The quantitative estimate of drug-likeness (QED) is 0.895. The van der Waals surface area contributed by atoms with E-state index in [0.717, 1.165) is 29.9 Å². The van der Waals surface area contributed by atoms with Gasteiger partial charge in [0.1, 0.15) is 18.0 Å². The van der Waals surface area contributed by atoms with Crippen LogP contribution in [0.5, 0.6) is 0 Å². The lowest BCUT2D eigenvalue weighted by Gasteiger charge is -2.39. The van der Waals surface area contributed by atoms with E-state index in [4.69, 9.17) is 0 Å². The van der Waals surface area contributed by atoms with E-state index in [2.05, 4.69) is 14.9 Å². The second kappa shape index (κ2) is 6.35. The van der Waals surface area contributed by atoms with Gasteiger partial charge in [-0.15, -0.1) is 0 Å². The van der Waals surface area contributed by atoms with Gasteiger partial charge in [0.25, 0.3) is 0 Å². The van der Waals surface area contributed by atoms with Gasteiger partial charge in [0, 0.05) is 30.8 Å². The van der Waals surface area contributed by atoms with Crippen molar-refractivity contribution in [3.63, 3.8) is 0 Å². The highest BCUT2D eigenvalue weighted by atomic mass is 19.1. The van der Waals surface area contributed by atoms with Crippen molar-refractivity contribution >= 4 is 5.82 Å². The Balaban J connectivity index is 1.45. The first-order valence-corrected chi connectivity index (χ1v) is 8.77. The number of aliphatic hydroxyl groups is 2. The molecular weight excluding hydrogens is 321 g/mol. The lowest BCUT2D eigenvalue weighted by molar-refractivity contribution is 0.0116. The highest BCUT2D eigenvalue weighted by molar-refractivity contribution is 5.41. The Labute approximate surface area is 146 Å². The van der Waals surface area contributed by atoms with Gasteiger partial charge in [-0.05, 0) is 43.4 Å². The topological polar surface area (TPSA) is 69.5 Å². The smallest absolute Gasteiger partial charge is 0.132 e. The zero-order valence-corrected chi connectivity index (χ0v) is 14.0. The van der Waals surface area contributed by atoms with Crippen LogP contribution in [0.1, 0.15) is 42.9 Å². The molecule has 4 rings (SSSR count). The minimum atomic E-state index is -0.919. The molecule has 1 saturated heterocycles. The van der Waals surface area contributed by atoms with E-state index in [0.29, 0.717) is 31.8 Å². The molecule has 0 spiro atoms. The highest BCUT2D eigenvalue weighted by Crippen LogP contribution is 2.38. The maximum absolute atomic E-state index is 13.1. The zero-order valence-electron chi connectivity index (χ0n) is 14.0. The molecule has 1 aromatic carbocycles. The molecule has 0 radical (unpaired) electrons. The van der Waals surface area contributed by atoms with Gasteiger partial charge in [-0.25, -0.2) is 14.4 Å². The summed E-state index contributed by atoms with van der Waals surface area (Å²) in [5.41, 5.74) is 0.827. The van der Waals surface area contributed by atoms with Crippen molar-refractivity contribution in [2.75, 3.05) is 18.0 Å². The molecule has 1 aromatic heterocycles. The van der Waals surface area contributed by atoms with Crippen LogP contribution in [0.15, 0.2) is 36.7 Å². The lowest BCUT2D eigenvalue weighted by Crippen LogP contribution is -2.43. The van der Waals surface area contributed by atoms with Crippen molar-refractivity contribution in [3.05, 3.63) is 53.7 Å². The number of aliphatic hydroxyl groups excluding tert-OH is 1. The first-order valence-electron chi connectivity index (χ1n) is 8.77. The van der Waals surface area contributed by atoms with Gasteiger partial charge in [-0.1, -0.05) is 12.1 Å². The van der Waals surface area contributed by atoms with E-state index in [-0.39, 0.29) is 11.9 Å². The third-order valence-electron chi connectivity index (χ3n) is 5.50. The summed E-state index contributed by atoms with van der Waals surface area (Å²) in [6.07, 6.45) is 4.04. The Morgan fingerprint density at radius 2 is 1.76 bits per heavy atom. The Morgan fingerprint density at radius 3 is 2.40 bits per heavy atom. The number of piperidine rings is 1. The first kappa shape index (κ1) is 16.4. The van der Waals surface area contributed by atoms with Crippen molar-refractivity contribution in [2.45, 2.75) is 43.3 Å². The van der Waals surface area contributed by atoms with Gasteiger partial charge in [0.2, 0.25) is 0 Å².